The van der Waals surface area contributed by atoms with E-state index in [1.165, 1.54) is 0 Å². The van der Waals surface area contributed by atoms with E-state index in [1.807, 2.05) is 64.7 Å². The van der Waals surface area contributed by atoms with Crippen molar-refractivity contribution in [3.63, 3.8) is 0 Å². The molecule has 1 aliphatic heterocycles. The van der Waals surface area contributed by atoms with Crippen LogP contribution in [0.15, 0.2) is 84.0 Å². The Morgan fingerprint density at radius 3 is 2.49 bits per heavy atom. The van der Waals surface area contributed by atoms with E-state index in [0.29, 0.717) is 16.6 Å². The van der Waals surface area contributed by atoms with E-state index in [2.05, 4.69) is 17.1 Å². The van der Waals surface area contributed by atoms with Gasteiger partial charge < -0.3 is 14.9 Å². The molecule has 0 fully saturated rings. The lowest BCUT2D eigenvalue weighted by atomic mass is 9.79. The van der Waals surface area contributed by atoms with Crippen LogP contribution < -0.4 is 11.3 Å². The molecule has 0 saturated heterocycles. The summed E-state index contributed by atoms with van der Waals surface area (Å²) in [6.45, 7) is 0.647. The molecule has 5 aromatic rings. The van der Waals surface area contributed by atoms with Crippen LogP contribution in [0, 0.1) is 0 Å². The van der Waals surface area contributed by atoms with E-state index in [4.69, 9.17) is 28.9 Å². The van der Waals surface area contributed by atoms with Crippen LogP contribution in [-0.4, -0.2) is 14.1 Å². The highest BCUT2D eigenvalue weighted by molar-refractivity contribution is 6.31. The lowest BCUT2D eigenvalue weighted by Gasteiger charge is -2.32. The molecule has 0 radical (unpaired) electrons. The van der Waals surface area contributed by atoms with Gasteiger partial charge in [0, 0.05) is 35.1 Å². The van der Waals surface area contributed by atoms with E-state index in [1.54, 1.807) is 18.6 Å². The normalized spacial score (nSPS) is 14.4. The van der Waals surface area contributed by atoms with Gasteiger partial charge in [-0.05, 0) is 64.6 Å². The summed E-state index contributed by atoms with van der Waals surface area (Å²) in [5, 5.41) is 2.24. The molecule has 1 aliphatic rings. The van der Waals surface area contributed by atoms with Gasteiger partial charge in [0.15, 0.2) is 0 Å². The van der Waals surface area contributed by atoms with Gasteiger partial charge in [-0.15, -0.1) is 0 Å². The van der Waals surface area contributed by atoms with Crippen molar-refractivity contribution in [3.05, 3.63) is 122 Å². The third kappa shape index (κ3) is 3.42. The lowest BCUT2D eigenvalue weighted by Crippen LogP contribution is -2.41. The number of aromatic nitrogens is 3. The Labute approximate surface area is 212 Å². The van der Waals surface area contributed by atoms with Gasteiger partial charge in [-0.2, -0.15) is 0 Å². The van der Waals surface area contributed by atoms with Gasteiger partial charge in [-0.25, -0.2) is 4.98 Å². The molecule has 2 aromatic heterocycles. The Kier molecular flexibility index (Phi) is 5.11. The highest BCUT2D eigenvalue weighted by Gasteiger charge is 2.36. The number of imidazole rings is 1. The summed E-state index contributed by atoms with van der Waals surface area (Å²) in [6.07, 6.45) is 4.32. The molecule has 0 amide bonds. The first kappa shape index (κ1) is 22.1. The van der Waals surface area contributed by atoms with E-state index in [0.717, 1.165) is 50.8 Å². The topological polar surface area (TPSA) is 65.8 Å². The van der Waals surface area contributed by atoms with Crippen molar-refractivity contribution in [1.29, 1.82) is 0 Å². The maximum absolute atomic E-state index is 13.0. The van der Waals surface area contributed by atoms with E-state index in [-0.39, 0.29) is 5.56 Å². The largest absolute Gasteiger partial charge is 0.336 e. The van der Waals surface area contributed by atoms with Crippen molar-refractivity contribution in [2.75, 3.05) is 0 Å². The second kappa shape index (κ2) is 8.09. The fourth-order valence-electron chi connectivity index (χ4n) is 5.29. The highest BCUT2D eigenvalue weighted by Crippen LogP contribution is 2.40. The quantitative estimate of drug-likeness (QED) is 0.353. The van der Waals surface area contributed by atoms with Crippen LogP contribution in [0.2, 0.25) is 10.0 Å². The van der Waals surface area contributed by atoms with Gasteiger partial charge in [0.25, 0.3) is 5.56 Å². The first-order valence-corrected chi connectivity index (χ1v) is 12.1. The summed E-state index contributed by atoms with van der Waals surface area (Å²) in [4.78, 5) is 17.4. The Morgan fingerprint density at radius 2 is 1.77 bits per heavy atom. The van der Waals surface area contributed by atoms with E-state index < -0.39 is 5.54 Å². The highest BCUT2D eigenvalue weighted by atomic mass is 35.5. The number of rotatable bonds is 4. The summed E-state index contributed by atoms with van der Waals surface area (Å²) in [5.74, 6) is 0. The molecule has 5 nitrogen and oxygen atoms in total. The molecule has 0 aliphatic carbocycles. The molecule has 174 valence electrons. The number of benzene rings is 3. The van der Waals surface area contributed by atoms with Crippen molar-refractivity contribution in [2.24, 2.45) is 12.8 Å². The van der Waals surface area contributed by atoms with Gasteiger partial charge in [0.05, 0.1) is 23.7 Å². The molecule has 0 saturated carbocycles. The van der Waals surface area contributed by atoms with E-state index in [9.17, 15) is 4.79 Å². The Balaban J connectivity index is 1.70. The number of aryl methyl sites for hydroxylation is 3. The van der Waals surface area contributed by atoms with Crippen molar-refractivity contribution in [3.8, 4) is 11.1 Å². The number of pyridine rings is 1. The molecule has 6 rings (SSSR count). The van der Waals surface area contributed by atoms with Gasteiger partial charge in [-0.3, -0.25) is 4.79 Å². The molecular weight excluding hydrogens is 479 g/mol. The van der Waals surface area contributed by atoms with Crippen LogP contribution in [0.4, 0.5) is 0 Å². The van der Waals surface area contributed by atoms with Crippen LogP contribution in [0.5, 0.6) is 0 Å². The average molecular weight is 501 g/mol. The fourth-order valence-corrected chi connectivity index (χ4v) is 5.60. The molecule has 7 heteroatoms. The molecule has 3 aromatic carbocycles. The molecule has 0 unspecified atom stereocenters. The first-order valence-electron chi connectivity index (χ1n) is 11.3. The zero-order valence-electron chi connectivity index (χ0n) is 19.0. The lowest BCUT2D eigenvalue weighted by molar-refractivity contribution is 0.596. The molecular formula is C28H22Cl2N4O. The smallest absolute Gasteiger partial charge is 0.251 e. The van der Waals surface area contributed by atoms with Gasteiger partial charge in [-0.1, -0.05) is 53.5 Å². The van der Waals surface area contributed by atoms with Gasteiger partial charge in [0.2, 0.25) is 0 Å². The summed E-state index contributed by atoms with van der Waals surface area (Å²) >= 11 is 12.5. The SMILES string of the molecule is Cn1cncc1[C@](N)(c1ccc(Cl)cc1)c1cc2c3c(c1)c(-c1cccc(Cl)c1)cc(=O)n3CC2. The summed E-state index contributed by atoms with van der Waals surface area (Å²) in [6, 6.07) is 21.2. The predicted octanol–water partition coefficient (Wildman–Crippen LogP) is 5.52. The van der Waals surface area contributed by atoms with Crippen LogP contribution in [0.3, 0.4) is 0 Å². The minimum absolute atomic E-state index is 0.0117. The maximum Gasteiger partial charge on any atom is 0.251 e. The van der Waals surface area contributed by atoms with Crippen LogP contribution >= 0.6 is 23.2 Å². The number of nitrogens with two attached hydrogens (primary N) is 1. The monoisotopic (exact) mass is 500 g/mol. The Hall–Kier alpha value is -3.38. The number of hydrogen-bond donors (Lipinski definition) is 1. The summed E-state index contributed by atoms with van der Waals surface area (Å²) < 4.78 is 3.80. The summed E-state index contributed by atoms with van der Waals surface area (Å²) in [5.41, 5.74) is 12.8. The maximum atomic E-state index is 13.0. The molecule has 35 heavy (non-hydrogen) atoms. The zero-order valence-corrected chi connectivity index (χ0v) is 20.5. The second-order valence-electron chi connectivity index (χ2n) is 9.04. The molecule has 1 atom stereocenters. The molecule has 0 bridgehead atoms. The van der Waals surface area contributed by atoms with Gasteiger partial charge >= 0.3 is 0 Å². The minimum atomic E-state index is -0.990. The predicted molar refractivity (Wildman–Crippen MR) is 141 cm³/mol. The molecule has 0 spiro atoms. The Bertz CT molecular complexity index is 1670. The van der Waals surface area contributed by atoms with Crippen molar-refractivity contribution >= 4 is 34.1 Å². The molecule has 3 heterocycles. The van der Waals surface area contributed by atoms with E-state index >= 15 is 0 Å². The number of hydrogen-bond acceptors (Lipinski definition) is 3. The van der Waals surface area contributed by atoms with Crippen molar-refractivity contribution < 1.29 is 0 Å². The second-order valence-corrected chi connectivity index (χ2v) is 9.92. The standard InChI is InChI=1S/C28H22Cl2N4O/c1-33-16-32-15-25(33)28(31,19-5-7-21(29)8-6-19)20-11-18-9-10-34-26(35)14-23(24(13-20)27(18)34)17-3-2-4-22(30)12-17/h2-8,11-16H,9-10,31H2,1H3/t28-/m0/s1. The number of halogens is 2. The fraction of sp³-hybridized carbons (Fsp3) is 0.143. The number of nitrogens with zero attached hydrogens (tertiary/aromatic N) is 3. The zero-order chi connectivity index (χ0) is 24.3. The van der Waals surface area contributed by atoms with Crippen LogP contribution in [0.25, 0.3) is 22.0 Å². The van der Waals surface area contributed by atoms with Crippen LogP contribution in [0.1, 0.15) is 22.4 Å². The average Bonchev–Trinajstić information content (AvgIpc) is 3.48. The third-order valence-corrected chi connectivity index (χ3v) is 7.49. The summed E-state index contributed by atoms with van der Waals surface area (Å²) in [7, 11) is 1.94. The first-order chi connectivity index (χ1) is 16.9. The molecule has 2 N–H and O–H groups in total. The van der Waals surface area contributed by atoms with Gasteiger partial charge in [0.1, 0.15) is 5.54 Å². The third-order valence-electron chi connectivity index (χ3n) is 7.00. The van der Waals surface area contributed by atoms with Crippen molar-refractivity contribution in [2.45, 2.75) is 18.5 Å². The minimum Gasteiger partial charge on any atom is -0.336 e. The van der Waals surface area contributed by atoms with Crippen LogP contribution in [-0.2, 0) is 25.6 Å². The Morgan fingerprint density at radius 1 is 0.971 bits per heavy atom. The van der Waals surface area contributed by atoms with Crippen molar-refractivity contribution in [1.82, 2.24) is 14.1 Å².